The number of piperidine rings is 1. The lowest BCUT2D eigenvalue weighted by Crippen LogP contribution is -2.52. The van der Waals surface area contributed by atoms with Crippen LogP contribution in [0.3, 0.4) is 0 Å². The molecule has 0 spiro atoms. The SMILES string of the molecule is C[C@@H]1CC[C@H](C)N1[C@@H]1CCCN(C(=O)c2ccc(C#N)cc2)C1. The van der Waals surface area contributed by atoms with Crippen molar-refractivity contribution in [3.63, 3.8) is 0 Å². The molecule has 0 aromatic heterocycles. The Bertz CT molecular complexity index is 594. The van der Waals surface area contributed by atoms with Crippen LogP contribution in [0, 0.1) is 11.3 Å². The first-order chi connectivity index (χ1) is 11.1. The molecule has 2 heterocycles. The number of likely N-dealkylation sites (tertiary alicyclic amines) is 2. The molecule has 1 amide bonds. The summed E-state index contributed by atoms with van der Waals surface area (Å²) in [6.45, 7) is 6.29. The minimum absolute atomic E-state index is 0.0960. The standard InChI is InChI=1S/C19H25N3O/c1-14-5-6-15(2)22(14)18-4-3-11-21(13-18)19(23)17-9-7-16(12-20)8-10-17/h7-10,14-15,18H,3-6,11,13H2,1-2H3/t14-,15+,18-/m1/s1. The summed E-state index contributed by atoms with van der Waals surface area (Å²) in [5.74, 6) is 0.0960. The van der Waals surface area contributed by atoms with Gasteiger partial charge in [-0.1, -0.05) is 0 Å². The van der Waals surface area contributed by atoms with E-state index in [9.17, 15) is 4.79 Å². The minimum atomic E-state index is 0.0960. The van der Waals surface area contributed by atoms with Crippen LogP contribution in [0.1, 0.15) is 55.5 Å². The number of benzene rings is 1. The first-order valence-electron chi connectivity index (χ1n) is 8.67. The van der Waals surface area contributed by atoms with Crippen molar-refractivity contribution >= 4 is 5.91 Å². The monoisotopic (exact) mass is 311 g/mol. The number of carbonyl (C=O) groups excluding carboxylic acids is 1. The highest BCUT2D eigenvalue weighted by atomic mass is 16.2. The Morgan fingerprint density at radius 2 is 1.78 bits per heavy atom. The summed E-state index contributed by atoms with van der Waals surface area (Å²) in [5.41, 5.74) is 1.28. The van der Waals surface area contributed by atoms with E-state index in [1.807, 2.05) is 4.90 Å². The van der Waals surface area contributed by atoms with Crippen LogP contribution in [0.5, 0.6) is 0 Å². The minimum Gasteiger partial charge on any atom is -0.337 e. The summed E-state index contributed by atoms with van der Waals surface area (Å²) in [6, 6.07) is 10.8. The van der Waals surface area contributed by atoms with Crippen molar-refractivity contribution in [2.24, 2.45) is 0 Å². The molecule has 2 aliphatic heterocycles. The number of nitrogens with zero attached hydrogens (tertiary/aromatic N) is 3. The van der Waals surface area contributed by atoms with Gasteiger partial charge in [-0.3, -0.25) is 9.69 Å². The fraction of sp³-hybridized carbons (Fsp3) is 0.579. The Morgan fingerprint density at radius 3 is 2.39 bits per heavy atom. The van der Waals surface area contributed by atoms with Gasteiger partial charge in [0.15, 0.2) is 0 Å². The van der Waals surface area contributed by atoms with Gasteiger partial charge >= 0.3 is 0 Å². The topological polar surface area (TPSA) is 47.3 Å². The molecule has 3 rings (SSSR count). The van der Waals surface area contributed by atoms with Gasteiger partial charge in [0.2, 0.25) is 0 Å². The van der Waals surface area contributed by atoms with Crippen molar-refractivity contribution in [3.05, 3.63) is 35.4 Å². The first kappa shape index (κ1) is 16.0. The van der Waals surface area contributed by atoms with Crippen molar-refractivity contribution in [1.82, 2.24) is 9.80 Å². The zero-order chi connectivity index (χ0) is 16.4. The third kappa shape index (κ3) is 3.25. The van der Waals surface area contributed by atoms with Crippen molar-refractivity contribution in [2.45, 2.75) is 57.7 Å². The van der Waals surface area contributed by atoms with Gasteiger partial charge < -0.3 is 4.90 Å². The molecule has 1 aromatic carbocycles. The fourth-order valence-electron chi connectivity index (χ4n) is 4.19. The molecule has 1 aromatic rings. The molecule has 0 N–H and O–H groups in total. The number of nitriles is 1. The number of hydrogen-bond donors (Lipinski definition) is 0. The van der Waals surface area contributed by atoms with Gasteiger partial charge in [-0.05, 0) is 63.8 Å². The van der Waals surface area contributed by atoms with Crippen LogP contribution in [0.4, 0.5) is 0 Å². The predicted molar refractivity (Wildman–Crippen MR) is 90.1 cm³/mol. The molecular formula is C19H25N3O. The second-order valence-corrected chi connectivity index (χ2v) is 6.96. The van der Waals surface area contributed by atoms with Crippen LogP contribution in [0.2, 0.25) is 0 Å². The van der Waals surface area contributed by atoms with E-state index >= 15 is 0 Å². The number of hydrogen-bond acceptors (Lipinski definition) is 3. The molecular weight excluding hydrogens is 286 g/mol. The van der Waals surface area contributed by atoms with Crippen LogP contribution in [0.15, 0.2) is 24.3 Å². The zero-order valence-corrected chi connectivity index (χ0v) is 14.0. The molecule has 0 unspecified atom stereocenters. The number of rotatable bonds is 2. The highest BCUT2D eigenvalue weighted by Crippen LogP contribution is 2.30. The van der Waals surface area contributed by atoms with Crippen molar-refractivity contribution < 1.29 is 4.79 Å². The van der Waals surface area contributed by atoms with Crippen molar-refractivity contribution in [1.29, 1.82) is 5.26 Å². The van der Waals surface area contributed by atoms with Crippen LogP contribution >= 0.6 is 0 Å². The molecule has 0 aliphatic carbocycles. The van der Waals surface area contributed by atoms with Crippen molar-refractivity contribution in [2.75, 3.05) is 13.1 Å². The summed E-state index contributed by atoms with van der Waals surface area (Å²) in [4.78, 5) is 17.4. The van der Waals surface area contributed by atoms with Gasteiger partial charge in [0.05, 0.1) is 11.6 Å². The molecule has 4 nitrogen and oxygen atoms in total. The summed E-state index contributed by atoms with van der Waals surface area (Å²) in [7, 11) is 0. The Kier molecular flexibility index (Phi) is 4.68. The Morgan fingerprint density at radius 1 is 1.13 bits per heavy atom. The summed E-state index contributed by atoms with van der Waals surface area (Å²) in [6.07, 6.45) is 4.79. The fourth-order valence-corrected chi connectivity index (χ4v) is 4.19. The maximum atomic E-state index is 12.7. The van der Waals surface area contributed by atoms with E-state index < -0.39 is 0 Å². The Labute approximate surface area is 138 Å². The predicted octanol–water partition coefficient (Wildman–Crippen LogP) is 3.04. The van der Waals surface area contributed by atoms with E-state index in [1.165, 1.54) is 19.3 Å². The summed E-state index contributed by atoms with van der Waals surface area (Å²) >= 11 is 0. The number of amides is 1. The quantitative estimate of drug-likeness (QED) is 0.843. The second-order valence-electron chi connectivity index (χ2n) is 6.96. The Hall–Kier alpha value is -1.86. The maximum Gasteiger partial charge on any atom is 0.253 e. The normalized spacial score (nSPS) is 28.6. The lowest BCUT2D eigenvalue weighted by Gasteiger charge is -2.41. The van der Waals surface area contributed by atoms with E-state index in [4.69, 9.17) is 5.26 Å². The van der Waals surface area contributed by atoms with Gasteiger partial charge in [-0.25, -0.2) is 0 Å². The number of carbonyl (C=O) groups is 1. The van der Waals surface area contributed by atoms with E-state index in [-0.39, 0.29) is 5.91 Å². The van der Waals surface area contributed by atoms with Crippen molar-refractivity contribution in [3.8, 4) is 6.07 Å². The molecule has 2 saturated heterocycles. The van der Waals surface area contributed by atoms with Gasteiger partial charge in [0.25, 0.3) is 5.91 Å². The lowest BCUT2D eigenvalue weighted by molar-refractivity contribution is 0.0487. The highest BCUT2D eigenvalue weighted by Gasteiger charge is 2.36. The molecule has 0 bridgehead atoms. The van der Waals surface area contributed by atoms with Gasteiger partial charge in [0.1, 0.15) is 0 Å². The summed E-state index contributed by atoms with van der Waals surface area (Å²) in [5, 5.41) is 8.87. The third-order valence-electron chi connectivity index (χ3n) is 5.39. The average molecular weight is 311 g/mol. The molecule has 0 saturated carbocycles. The van der Waals surface area contributed by atoms with Crippen LogP contribution in [-0.2, 0) is 0 Å². The molecule has 23 heavy (non-hydrogen) atoms. The maximum absolute atomic E-state index is 12.7. The molecule has 0 radical (unpaired) electrons. The average Bonchev–Trinajstić information content (AvgIpc) is 2.93. The van der Waals surface area contributed by atoms with Crippen LogP contribution in [-0.4, -0.2) is 46.9 Å². The smallest absolute Gasteiger partial charge is 0.253 e. The molecule has 2 fully saturated rings. The second kappa shape index (κ2) is 6.72. The first-order valence-corrected chi connectivity index (χ1v) is 8.67. The van der Waals surface area contributed by atoms with Crippen LogP contribution in [0.25, 0.3) is 0 Å². The van der Waals surface area contributed by atoms with E-state index in [2.05, 4.69) is 24.8 Å². The lowest BCUT2D eigenvalue weighted by atomic mass is 10.0. The highest BCUT2D eigenvalue weighted by molar-refractivity contribution is 5.94. The van der Waals surface area contributed by atoms with E-state index in [0.717, 1.165) is 19.5 Å². The molecule has 122 valence electrons. The molecule has 4 heteroatoms. The van der Waals surface area contributed by atoms with Crippen LogP contribution < -0.4 is 0 Å². The van der Waals surface area contributed by atoms with E-state index in [1.54, 1.807) is 24.3 Å². The molecule has 3 atom stereocenters. The molecule has 2 aliphatic rings. The van der Waals surface area contributed by atoms with E-state index in [0.29, 0.717) is 29.3 Å². The van der Waals surface area contributed by atoms with Gasteiger partial charge in [0, 0.05) is 36.8 Å². The Balaban J connectivity index is 1.70. The summed E-state index contributed by atoms with van der Waals surface area (Å²) < 4.78 is 0. The largest absolute Gasteiger partial charge is 0.337 e. The zero-order valence-electron chi connectivity index (χ0n) is 14.0. The van der Waals surface area contributed by atoms with Gasteiger partial charge in [-0.15, -0.1) is 0 Å². The third-order valence-corrected chi connectivity index (χ3v) is 5.39. The van der Waals surface area contributed by atoms with Gasteiger partial charge in [-0.2, -0.15) is 5.26 Å².